The van der Waals surface area contributed by atoms with E-state index in [-0.39, 0.29) is 18.2 Å². The maximum Gasteiger partial charge on any atom is 0.320 e. The molecular formula is C13H16N2O5. The molecule has 0 saturated heterocycles. The van der Waals surface area contributed by atoms with Crippen molar-refractivity contribution in [2.75, 3.05) is 7.11 Å². The molecule has 0 amide bonds. The third kappa shape index (κ3) is 3.24. The lowest BCUT2D eigenvalue weighted by Gasteiger charge is -2.15. The summed E-state index contributed by atoms with van der Waals surface area (Å²) in [5, 5.41) is 22.8. The fourth-order valence-corrected chi connectivity index (χ4v) is 2.12. The molecular weight excluding hydrogens is 264 g/mol. The van der Waals surface area contributed by atoms with Gasteiger partial charge in [-0.3, -0.25) is 20.2 Å². The predicted molar refractivity (Wildman–Crippen MR) is 70.6 cm³/mol. The van der Waals surface area contributed by atoms with Gasteiger partial charge in [-0.05, 0) is 24.8 Å². The number of carboxylic acids is 1. The number of nitro benzene ring substituents is 1. The van der Waals surface area contributed by atoms with Crippen LogP contribution in [0.25, 0.3) is 0 Å². The summed E-state index contributed by atoms with van der Waals surface area (Å²) in [4.78, 5) is 21.4. The second-order valence-corrected chi connectivity index (χ2v) is 4.79. The third-order valence-corrected chi connectivity index (χ3v) is 3.35. The van der Waals surface area contributed by atoms with Crippen molar-refractivity contribution in [1.82, 2.24) is 5.32 Å². The molecule has 1 aliphatic carbocycles. The molecule has 1 fully saturated rings. The van der Waals surface area contributed by atoms with Gasteiger partial charge in [-0.25, -0.2) is 0 Å². The van der Waals surface area contributed by atoms with Gasteiger partial charge in [-0.15, -0.1) is 0 Å². The van der Waals surface area contributed by atoms with Crippen molar-refractivity contribution < 1.29 is 19.6 Å². The predicted octanol–water partition coefficient (Wildman–Crippen LogP) is 1.56. The number of nitro groups is 1. The van der Waals surface area contributed by atoms with E-state index in [0.29, 0.717) is 11.3 Å². The van der Waals surface area contributed by atoms with Gasteiger partial charge in [0.15, 0.2) is 0 Å². The average Bonchev–Trinajstić information content (AvgIpc) is 3.22. The number of aliphatic carboxylic acids is 1. The van der Waals surface area contributed by atoms with Crippen molar-refractivity contribution in [3.05, 3.63) is 33.9 Å². The Morgan fingerprint density at radius 2 is 2.30 bits per heavy atom. The molecule has 0 radical (unpaired) electrons. The van der Waals surface area contributed by atoms with E-state index in [1.807, 2.05) is 0 Å². The Bertz CT molecular complexity index is 527. The van der Waals surface area contributed by atoms with Gasteiger partial charge in [-0.1, -0.05) is 0 Å². The number of carbonyl (C=O) groups is 1. The van der Waals surface area contributed by atoms with Gasteiger partial charge >= 0.3 is 5.97 Å². The van der Waals surface area contributed by atoms with Crippen LogP contribution in [0.4, 0.5) is 5.69 Å². The first-order chi connectivity index (χ1) is 9.52. The SMILES string of the molecule is COc1ccc([N+](=O)[O-])cc1CNC(C(=O)O)C1CC1. The second kappa shape index (κ2) is 5.87. The first-order valence-corrected chi connectivity index (χ1v) is 6.30. The fourth-order valence-electron chi connectivity index (χ4n) is 2.12. The van der Waals surface area contributed by atoms with Crippen molar-refractivity contribution in [3.8, 4) is 5.75 Å². The molecule has 1 aromatic rings. The summed E-state index contributed by atoms with van der Waals surface area (Å²) < 4.78 is 5.14. The second-order valence-electron chi connectivity index (χ2n) is 4.79. The minimum absolute atomic E-state index is 0.0408. The summed E-state index contributed by atoms with van der Waals surface area (Å²) in [6.45, 7) is 0.221. The average molecular weight is 280 g/mol. The summed E-state index contributed by atoms with van der Waals surface area (Å²) in [5.74, 6) is -0.239. The van der Waals surface area contributed by atoms with E-state index in [2.05, 4.69) is 5.32 Å². The number of ether oxygens (including phenoxy) is 1. The van der Waals surface area contributed by atoms with Crippen LogP contribution < -0.4 is 10.1 Å². The Hall–Kier alpha value is -2.15. The van der Waals surface area contributed by atoms with Crippen LogP contribution >= 0.6 is 0 Å². The highest BCUT2D eigenvalue weighted by molar-refractivity contribution is 5.74. The standard InChI is InChI=1S/C13H16N2O5/c1-20-11-5-4-10(15(18)19)6-9(11)7-14-12(13(16)17)8-2-3-8/h4-6,8,12,14H,2-3,7H2,1H3,(H,16,17). The first kappa shape index (κ1) is 14.3. The molecule has 20 heavy (non-hydrogen) atoms. The topological polar surface area (TPSA) is 102 Å². The number of non-ortho nitro benzene ring substituents is 1. The highest BCUT2D eigenvalue weighted by Crippen LogP contribution is 2.33. The van der Waals surface area contributed by atoms with Crippen LogP contribution in [0.15, 0.2) is 18.2 Å². The van der Waals surface area contributed by atoms with Gasteiger partial charge in [0.25, 0.3) is 5.69 Å². The molecule has 0 aromatic heterocycles. The van der Waals surface area contributed by atoms with Crippen LogP contribution in [-0.4, -0.2) is 29.2 Å². The minimum atomic E-state index is -0.892. The number of nitrogens with zero attached hydrogens (tertiary/aromatic N) is 1. The van der Waals surface area contributed by atoms with Gasteiger partial charge in [0.05, 0.1) is 12.0 Å². The van der Waals surface area contributed by atoms with E-state index in [9.17, 15) is 14.9 Å². The highest BCUT2D eigenvalue weighted by Gasteiger charge is 2.35. The summed E-state index contributed by atoms with van der Waals surface area (Å²) >= 11 is 0. The number of rotatable bonds is 7. The van der Waals surface area contributed by atoms with Crippen LogP contribution in [0.3, 0.4) is 0 Å². The molecule has 7 nitrogen and oxygen atoms in total. The number of nitrogens with one attached hydrogen (secondary N) is 1. The Labute approximate surface area is 115 Å². The zero-order valence-electron chi connectivity index (χ0n) is 11.0. The van der Waals surface area contributed by atoms with Crippen molar-refractivity contribution >= 4 is 11.7 Å². The molecule has 1 saturated carbocycles. The molecule has 7 heteroatoms. The van der Waals surface area contributed by atoms with Crippen LogP contribution in [0.5, 0.6) is 5.75 Å². The van der Waals surface area contributed by atoms with E-state index in [4.69, 9.17) is 9.84 Å². The molecule has 2 rings (SSSR count). The molecule has 1 aliphatic rings. The van der Waals surface area contributed by atoms with E-state index >= 15 is 0 Å². The fraction of sp³-hybridized carbons (Fsp3) is 0.462. The van der Waals surface area contributed by atoms with E-state index in [0.717, 1.165) is 12.8 Å². The van der Waals surface area contributed by atoms with Crippen LogP contribution in [0.1, 0.15) is 18.4 Å². The van der Waals surface area contributed by atoms with E-state index < -0.39 is 16.9 Å². The Kier molecular flexibility index (Phi) is 4.19. The van der Waals surface area contributed by atoms with Crippen molar-refractivity contribution in [3.63, 3.8) is 0 Å². The first-order valence-electron chi connectivity index (χ1n) is 6.30. The zero-order valence-corrected chi connectivity index (χ0v) is 11.0. The van der Waals surface area contributed by atoms with Gasteiger partial charge in [0.2, 0.25) is 0 Å². The molecule has 0 aliphatic heterocycles. The van der Waals surface area contributed by atoms with Crippen LogP contribution in [-0.2, 0) is 11.3 Å². The summed E-state index contributed by atoms with van der Waals surface area (Å²) in [7, 11) is 1.47. The molecule has 2 N–H and O–H groups in total. The zero-order chi connectivity index (χ0) is 14.7. The maximum atomic E-state index is 11.1. The number of benzene rings is 1. The lowest BCUT2D eigenvalue weighted by Crippen LogP contribution is -2.38. The third-order valence-electron chi connectivity index (χ3n) is 3.35. The molecule has 0 spiro atoms. The van der Waals surface area contributed by atoms with Crippen molar-refractivity contribution in [1.29, 1.82) is 0 Å². The molecule has 1 aromatic carbocycles. The molecule has 108 valence electrons. The monoisotopic (exact) mass is 280 g/mol. The van der Waals surface area contributed by atoms with E-state index in [1.165, 1.54) is 25.3 Å². The highest BCUT2D eigenvalue weighted by atomic mass is 16.6. The lowest BCUT2D eigenvalue weighted by atomic mass is 10.1. The summed E-state index contributed by atoms with van der Waals surface area (Å²) in [5.41, 5.74) is 0.537. The quantitative estimate of drug-likeness (QED) is 0.580. The summed E-state index contributed by atoms with van der Waals surface area (Å²) in [6.07, 6.45) is 1.80. The Balaban J connectivity index is 2.12. The number of hydrogen-bond donors (Lipinski definition) is 2. The lowest BCUT2D eigenvalue weighted by molar-refractivity contribution is -0.384. The smallest absolute Gasteiger partial charge is 0.320 e. The van der Waals surface area contributed by atoms with Crippen LogP contribution in [0, 0.1) is 16.0 Å². The molecule has 1 unspecified atom stereocenters. The maximum absolute atomic E-state index is 11.1. The normalized spacial score (nSPS) is 15.7. The van der Waals surface area contributed by atoms with Crippen molar-refractivity contribution in [2.45, 2.75) is 25.4 Å². The minimum Gasteiger partial charge on any atom is -0.496 e. The summed E-state index contributed by atoms with van der Waals surface area (Å²) in [6, 6.07) is 3.66. The molecule has 0 bridgehead atoms. The Morgan fingerprint density at radius 1 is 1.60 bits per heavy atom. The Morgan fingerprint density at radius 3 is 2.80 bits per heavy atom. The van der Waals surface area contributed by atoms with E-state index in [1.54, 1.807) is 0 Å². The molecule has 1 atom stereocenters. The van der Waals surface area contributed by atoms with Crippen LogP contribution in [0.2, 0.25) is 0 Å². The van der Waals surface area contributed by atoms with Gasteiger partial charge < -0.3 is 9.84 Å². The number of carboxylic acid groups (broad SMARTS) is 1. The van der Waals surface area contributed by atoms with Gasteiger partial charge in [0.1, 0.15) is 11.8 Å². The number of methoxy groups -OCH3 is 1. The van der Waals surface area contributed by atoms with Gasteiger partial charge in [-0.2, -0.15) is 0 Å². The van der Waals surface area contributed by atoms with Gasteiger partial charge in [0, 0.05) is 24.2 Å². The largest absolute Gasteiger partial charge is 0.496 e. The van der Waals surface area contributed by atoms with Crippen molar-refractivity contribution in [2.24, 2.45) is 5.92 Å². The number of hydrogen-bond acceptors (Lipinski definition) is 5. The molecule has 0 heterocycles.